The van der Waals surface area contributed by atoms with Crippen molar-refractivity contribution >= 4 is 11.5 Å². The molecular formula is C14H9FN4. The maximum atomic E-state index is 13.4. The molecular weight excluding hydrogens is 243 g/mol. The van der Waals surface area contributed by atoms with E-state index >= 15 is 0 Å². The lowest BCUT2D eigenvalue weighted by Gasteiger charge is -2.08. The molecule has 1 aromatic carbocycles. The molecule has 0 amide bonds. The van der Waals surface area contributed by atoms with Crippen LogP contribution in [0, 0.1) is 35.4 Å². The van der Waals surface area contributed by atoms with Crippen LogP contribution in [0.2, 0.25) is 0 Å². The minimum atomic E-state index is -0.597. The van der Waals surface area contributed by atoms with Crippen LogP contribution in [0.1, 0.15) is 16.8 Å². The predicted molar refractivity (Wildman–Crippen MR) is 68.1 cm³/mol. The standard InChI is InChI=1S/C14H9FN4/c1-9-5-10(7-16)6-14(18-9)19-13-4-2-3-12(15)11(13)8-17/h2-6H,1H3,(H,18,19). The number of anilines is 2. The second-order valence-corrected chi connectivity index (χ2v) is 3.89. The van der Waals surface area contributed by atoms with Gasteiger partial charge in [-0.2, -0.15) is 10.5 Å². The summed E-state index contributed by atoms with van der Waals surface area (Å²) >= 11 is 0. The van der Waals surface area contributed by atoms with Crippen LogP contribution in [0.5, 0.6) is 0 Å². The minimum absolute atomic E-state index is 0.0793. The summed E-state index contributed by atoms with van der Waals surface area (Å²) in [5, 5.41) is 20.7. The molecule has 0 bridgehead atoms. The van der Waals surface area contributed by atoms with Crippen molar-refractivity contribution in [3.05, 3.63) is 53.0 Å². The van der Waals surface area contributed by atoms with Gasteiger partial charge in [-0.1, -0.05) is 6.07 Å². The van der Waals surface area contributed by atoms with Crippen molar-refractivity contribution in [1.29, 1.82) is 10.5 Å². The van der Waals surface area contributed by atoms with E-state index in [0.29, 0.717) is 22.8 Å². The first-order valence-electron chi connectivity index (χ1n) is 5.48. The Balaban J connectivity index is 2.43. The highest BCUT2D eigenvalue weighted by molar-refractivity contribution is 5.65. The molecule has 0 aliphatic heterocycles. The van der Waals surface area contributed by atoms with Crippen molar-refractivity contribution < 1.29 is 4.39 Å². The summed E-state index contributed by atoms with van der Waals surface area (Å²) < 4.78 is 13.4. The van der Waals surface area contributed by atoms with Crippen LogP contribution in [-0.4, -0.2) is 4.98 Å². The van der Waals surface area contributed by atoms with Crippen LogP contribution in [0.3, 0.4) is 0 Å². The van der Waals surface area contributed by atoms with Crippen LogP contribution in [-0.2, 0) is 0 Å². The fraction of sp³-hybridized carbons (Fsp3) is 0.0714. The Morgan fingerprint density at radius 1 is 1.21 bits per heavy atom. The third kappa shape index (κ3) is 2.67. The summed E-state index contributed by atoms with van der Waals surface area (Å²) in [7, 11) is 0. The number of aryl methyl sites for hydroxylation is 1. The van der Waals surface area contributed by atoms with Gasteiger partial charge < -0.3 is 5.32 Å². The first-order chi connectivity index (χ1) is 9.13. The quantitative estimate of drug-likeness (QED) is 0.891. The zero-order valence-corrected chi connectivity index (χ0v) is 10.1. The summed E-state index contributed by atoms with van der Waals surface area (Å²) in [5.74, 6) is -0.195. The maximum absolute atomic E-state index is 13.4. The number of aromatic nitrogens is 1. The SMILES string of the molecule is Cc1cc(C#N)cc(Nc2cccc(F)c2C#N)n1. The topological polar surface area (TPSA) is 72.5 Å². The molecule has 0 spiro atoms. The molecule has 0 unspecified atom stereocenters. The van der Waals surface area contributed by atoms with Gasteiger partial charge in [0.15, 0.2) is 0 Å². The lowest BCUT2D eigenvalue weighted by Crippen LogP contribution is -1.99. The highest BCUT2D eigenvalue weighted by Gasteiger charge is 2.09. The Morgan fingerprint density at radius 2 is 2.00 bits per heavy atom. The van der Waals surface area contributed by atoms with Gasteiger partial charge in [-0.05, 0) is 31.2 Å². The monoisotopic (exact) mass is 252 g/mol. The van der Waals surface area contributed by atoms with Gasteiger partial charge in [0.1, 0.15) is 23.3 Å². The van der Waals surface area contributed by atoms with Crippen LogP contribution in [0.25, 0.3) is 0 Å². The molecule has 0 aliphatic rings. The van der Waals surface area contributed by atoms with E-state index in [1.807, 2.05) is 6.07 Å². The van der Waals surface area contributed by atoms with Crippen molar-refractivity contribution in [2.45, 2.75) is 6.92 Å². The molecule has 0 radical (unpaired) electrons. The second kappa shape index (κ2) is 5.16. The zero-order valence-electron chi connectivity index (χ0n) is 10.1. The Bertz CT molecular complexity index is 710. The van der Waals surface area contributed by atoms with Gasteiger partial charge in [-0.3, -0.25) is 0 Å². The molecule has 1 aromatic heterocycles. The molecule has 4 nitrogen and oxygen atoms in total. The molecule has 92 valence electrons. The van der Waals surface area contributed by atoms with Crippen LogP contribution in [0.4, 0.5) is 15.9 Å². The fourth-order valence-corrected chi connectivity index (χ4v) is 1.68. The fourth-order valence-electron chi connectivity index (χ4n) is 1.68. The lowest BCUT2D eigenvalue weighted by atomic mass is 10.1. The molecule has 0 fully saturated rings. The van der Waals surface area contributed by atoms with Gasteiger partial charge in [-0.25, -0.2) is 9.37 Å². The third-order valence-electron chi connectivity index (χ3n) is 2.47. The highest BCUT2D eigenvalue weighted by Crippen LogP contribution is 2.22. The van der Waals surface area contributed by atoms with E-state index in [-0.39, 0.29) is 5.56 Å². The van der Waals surface area contributed by atoms with Crippen molar-refractivity contribution in [3.8, 4) is 12.1 Å². The Hall–Kier alpha value is -2.92. The lowest BCUT2D eigenvalue weighted by molar-refractivity contribution is 0.624. The largest absolute Gasteiger partial charge is 0.339 e. The highest BCUT2D eigenvalue weighted by atomic mass is 19.1. The van der Waals surface area contributed by atoms with Crippen molar-refractivity contribution in [3.63, 3.8) is 0 Å². The molecule has 0 saturated heterocycles. The van der Waals surface area contributed by atoms with E-state index in [1.165, 1.54) is 12.1 Å². The third-order valence-corrected chi connectivity index (χ3v) is 2.47. The predicted octanol–water partition coefficient (Wildman–Crippen LogP) is 3.02. The normalized spacial score (nSPS) is 9.47. The molecule has 5 heteroatoms. The Labute approximate surface area is 109 Å². The number of hydrogen-bond donors (Lipinski definition) is 1. The van der Waals surface area contributed by atoms with Gasteiger partial charge in [0, 0.05) is 5.69 Å². The van der Waals surface area contributed by atoms with Crippen molar-refractivity contribution in [2.75, 3.05) is 5.32 Å². The van der Waals surface area contributed by atoms with Gasteiger partial charge >= 0.3 is 0 Å². The van der Waals surface area contributed by atoms with E-state index in [0.717, 1.165) is 0 Å². The number of hydrogen-bond acceptors (Lipinski definition) is 4. The Kier molecular flexibility index (Phi) is 3.40. The van der Waals surface area contributed by atoms with E-state index < -0.39 is 5.82 Å². The molecule has 2 aromatic rings. The molecule has 0 saturated carbocycles. The van der Waals surface area contributed by atoms with Gasteiger partial charge in [0.25, 0.3) is 0 Å². The van der Waals surface area contributed by atoms with E-state index in [9.17, 15) is 4.39 Å². The molecule has 0 atom stereocenters. The van der Waals surface area contributed by atoms with Crippen LogP contribution >= 0.6 is 0 Å². The number of benzene rings is 1. The maximum Gasteiger partial charge on any atom is 0.143 e. The zero-order chi connectivity index (χ0) is 13.8. The average molecular weight is 252 g/mol. The molecule has 19 heavy (non-hydrogen) atoms. The van der Waals surface area contributed by atoms with Gasteiger partial charge in [-0.15, -0.1) is 0 Å². The first kappa shape index (κ1) is 12.5. The second-order valence-electron chi connectivity index (χ2n) is 3.89. The van der Waals surface area contributed by atoms with Crippen molar-refractivity contribution in [1.82, 2.24) is 4.98 Å². The summed E-state index contributed by atoms with van der Waals surface area (Å²) in [6, 6.07) is 11.3. The minimum Gasteiger partial charge on any atom is -0.339 e. The summed E-state index contributed by atoms with van der Waals surface area (Å²) in [4.78, 5) is 4.19. The first-order valence-corrected chi connectivity index (χ1v) is 5.48. The van der Waals surface area contributed by atoms with Crippen LogP contribution in [0.15, 0.2) is 30.3 Å². The summed E-state index contributed by atoms with van der Waals surface area (Å²) in [6.07, 6.45) is 0. The molecule has 1 heterocycles. The number of nitrogens with one attached hydrogen (secondary N) is 1. The Morgan fingerprint density at radius 3 is 2.68 bits per heavy atom. The number of nitrogens with zero attached hydrogens (tertiary/aromatic N) is 3. The molecule has 2 rings (SSSR count). The number of pyridine rings is 1. The number of nitriles is 2. The molecule has 1 N–H and O–H groups in total. The van der Waals surface area contributed by atoms with Gasteiger partial charge in [0.05, 0.1) is 17.3 Å². The van der Waals surface area contributed by atoms with E-state index in [1.54, 1.807) is 31.2 Å². The number of halogens is 1. The van der Waals surface area contributed by atoms with Gasteiger partial charge in [0.2, 0.25) is 0 Å². The summed E-state index contributed by atoms with van der Waals surface area (Å²) in [5.41, 5.74) is 1.36. The van der Waals surface area contributed by atoms with E-state index in [4.69, 9.17) is 10.5 Å². The number of rotatable bonds is 2. The smallest absolute Gasteiger partial charge is 0.143 e. The summed E-state index contributed by atoms with van der Waals surface area (Å²) in [6.45, 7) is 1.75. The van der Waals surface area contributed by atoms with Crippen LogP contribution < -0.4 is 5.32 Å². The van der Waals surface area contributed by atoms with Crippen molar-refractivity contribution in [2.24, 2.45) is 0 Å². The average Bonchev–Trinajstić information content (AvgIpc) is 2.38. The molecule has 0 aliphatic carbocycles. The van der Waals surface area contributed by atoms with E-state index in [2.05, 4.69) is 10.3 Å².